The Morgan fingerprint density at radius 3 is 1.27 bits per heavy atom. The number of hydrogen-bond acceptors (Lipinski definition) is 0. The first-order valence-corrected chi connectivity index (χ1v) is 10.4. The molecule has 0 bridgehead atoms. The Morgan fingerprint density at radius 2 is 0.833 bits per heavy atom. The van der Waals surface area contributed by atoms with Crippen LogP contribution in [0.5, 0.6) is 0 Å². The second-order valence-electron chi connectivity index (χ2n) is 8.32. The van der Waals surface area contributed by atoms with Gasteiger partial charge in [0.2, 0.25) is 0 Å². The lowest BCUT2D eigenvalue weighted by Crippen LogP contribution is -1.86. The van der Waals surface area contributed by atoms with E-state index in [9.17, 15) is 0 Å². The van der Waals surface area contributed by atoms with Gasteiger partial charge in [0.25, 0.3) is 0 Å². The van der Waals surface area contributed by atoms with Gasteiger partial charge in [0.05, 0.1) is 0 Å². The summed E-state index contributed by atoms with van der Waals surface area (Å²) in [6.07, 6.45) is 0. The Bertz CT molecular complexity index is 1670. The van der Waals surface area contributed by atoms with Crippen molar-refractivity contribution in [1.29, 1.82) is 0 Å². The molecule has 30 heavy (non-hydrogen) atoms. The van der Waals surface area contributed by atoms with Crippen molar-refractivity contribution in [1.82, 2.24) is 4.57 Å². The van der Waals surface area contributed by atoms with E-state index in [4.69, 9.17) is 0 Å². The molecule has 1 nitrogen and oxygen atoms in total. The summed E-state index contributed by atoms with van der Waals surface area (Å²) in [5.74, 6) is 0. The monoisotopic (exact) mass is 381 g/mol. The van der Waals surface area contributed by atoms with E-state index in [-0.39, 0.29) is 0 Å². The molecule has 6 aromatic carbocycles. The first-order chi connectivity index (χ1) is 14.8. The van der Waals surface area contributed by atoms with Crippen LogP contribution in [0.15, 0.2) is 97.1 Å². The van der Waals surface area contributed by atoms with E-state index in [1.807, 2.05) is 0 Å². The van der Waals surface area contributed by atoms with E-state index < -0.39 is 0 Å². The summed E-state index contributed by atoms with van der Waals surface area (Å²) in [6, 6.07) is 35.8. The number of nitrogens with zero attached hydrogens (tertiary/aromatic N) is 1. The number of hydrogen-bond donors (Lipinski definition) is 0. The van der Waals surface area contributed by atoms with Gasteiger partial charge in [0.15, 0.2) is 0 Å². The van der Waals surface area contributed by atoms with Crippen LogP contribution in [-0.4, -0.2) is 4.57 Å². The molecule has 7 aromatic rings. The summed E-state index contributed by atoms with van der Waals surface area (Å²) in [6.45, 7) is 0. The van der Waals surface area contributed by atoms with Gasteiger partial charge < -0.3 is 4.57 Å². The lowest BCUT2D eigenvalue weighted by molar-refractivity contribution is 1.02. The maximum absolute atomic E-state index is 2.37. The van der Waals surface area contributed by atoms with Crippen LogP contribution in [0, 0.1) is 0 Å². The van der Waals surface area contributed by atoms with Crippen LogP contribution in [0.4, 0.5) is 0 Å². The van der Waals surface area contributed by atoms with Crippen LogP contribution >= 0.6 is 0 Å². The molecular formula is C29H19N. The predicted octanol–water partition coefficient (Wildman–Crippen LogP) is 7.94. The number of fused-ring (bicyclic) bond motifs is 9. The van der Waals surface area contributed by atoms with Gasteiger partial charge in [-0.3, -0.25) is 0 Å². The standard InChI is InChI=1S/C29H19N/c1-30-26-12-10-22-14-18-6-2-4-8-20(18)16-24(22)28(26)29-25-17-21-9-5-3-7-19(21)15-23(25)11-13-27(29)30/h2-17H,1H3. The maximum atomic E-state index is 2.37. The lowest BCUT2D eigenvalue weighted by Gasteiger charge is -2.07. The van der Waals surface area contributed by atoms with Gasteiger partial charge in [-0.05, 0) is 79.5 Å². The molecule has 0 aliphatic heterocycles. The fraction of sp³-hybridized carbons (Fsp3) is 0.0345. The molecule has 0 N–H and O–H groups in total. The molecule has 0 aliphatic rings. The zero-order chi connectivity index (χ0) is 19.8. The average Bonchev–Trinajstić information content (AvgIpc) is 3.09. The molecule has 0 saturated heterocycles. The molecular weight excluding hydrogens is 362 g/mol. The van der Waals surface area contributed by atoms with Crippen LogP contribution in [0.3, 0.4) is 0 Å². The Labute approximate surface area is 173 Å². The fourth-order valence-electron chi connectivity index (χ4n) is 5.22. The minimum Gasteiger partial charge on any atom is -0.344 e. The highest BCUT2D eigenvalue weighted by Crippen LogP contribution is 2.40. The molecule has 7 rings (SSSR count). The molecule has 0 amide bonds. The summed E-state index contributed by atoms with van der Waals surface area (Å²) < 4.78 is 2.34. The topological polar surface area (TPSA) is 4.93 Å². The molecule has 140 valence electrons. The second kappa shape index (κ2) is 5.61. The zero-order valence-electron chi connectivity index (χ0n) is 16.7. The highest BCUT2D eigenvalue weighted by molar-refractivity contribution is 6.29. The summed E-state index contributed by atoms with van der Waals surface area (Å²) in [5.41, 5.74) is 2.57. The second-order valence-corrected chi connectivity index (χ2v) is 8.32. The zero-order valence-corrected chi connectivity index (χ0v) is 16.7. The predicted molar refractivity (Wildman–Crippen MR) is 130 cm³/mol. The highest BCUT2D eigenvalue weighted by atomic mass is 14.9. The minimum absolute atomic E-state index is 1.29. The molecule has 0 radical (unpaired) electrons. The summed E-state index contributed by atoms with van der Waals surface area (Å²) in [5, 5.41) is 13.1. The Kier molecular flexibility index (Phi) is 2.99. The smallest absolute Gasteiger partial charge is 0.0495 e. The Morgan fingerprint density at radius 1 is 0.433 bits per heavy atom. The average molecular weight is 381 g/mol. The van der Waals surface area contributed by atoms with Gasteiger partial charge in [-0.25, -0.2) is 0 Å². The van der Waals surface area contributed by atoms with Gasteiger partial charge in [-0.1, -0.05) is 60.7 Å². The van der Waals surface area contributed by atoms with Gasteiger partial charge in [0, 0.05) is 28.9 Å². The van der Waals surface area contributed by atoms with E-state index in [1.54, 1.807) is 0 Å². The lowest BCUT2D eigenvalue weighted by atomic mass is 9.96. The van der Waals surface area contributed by atoms with Crippen LogP contribution in [0.2, 0.25) is 0 Å². The van der Waals surface area contributed by atoms with Crippen molar-refractivity contribution in [2.75, 3.05) is 0 Å². The molecule has 0 atom stereocenters. The highest BCUT2D eigenvalue weighted by Gasteiger charge is 2.15. The number of rotatable bonds is 0. The van der Waals surface area contributed by atoms with E-state index in [0.717, 1.165) is 0 Å². The van der Waals surface area contributed by atoms with Crippen molar-refractivity contribution < 1.29 is 0 Å². The van der Waals surface area contributed by atoms with Crippen molar-refractivity contribution in [3.8, 4) is 0 Å². The van der Waals surface area contributed by atoms with Crippen LogP contribution in [-0.2, 0) is 7.05 Å². The number of aryl methyl sites for hydroxylation is 1. The number of aromatic nitrogens is 1. The molecule has 0 fully saturated rings. The third-order valence-electron chi connectivity index (χ3n) is 6.70. The molecule has 1 heteroatoms. The van der Waals surface area contributed by atoms with E-state index in [2.05, 4.69) is 109 Å². The van der Waals surface area contributed by atoms with E-state index in [1.165, 1.54) is 64.9 Å². The summed E-state index contributed by atoms with van der Waals surface area (Å²) in [4.78, 5) is 0. The largest absolute Gasteiger partial charge is 0.344 e. The Balaban J connectivity index is 1.78. The molecule has 1 heterocycles. The van der Waals surface area contributed by atoms with Gasteiger partial charge in [-0.2, -0.15) is 0 Å². The maximum Gasteiger partial charge on any atom is 0.0495 e. The third-order valence-corrected chi connectivity index (χ3v) is 6.70. The molecule has 0 unspecified atom stereocenters. The van der Waals surface area contributed by atoms with E-state index in [0.29, 0.717) is 0 Å². The van der Waals surface area contributed by atoms with Crippen molar-refractivity contribution in [3.05, 3.63) is 97.1 Å². The van der Waals surface area contributed by atoms with Crippen molar-refractivity contribution in [2.45, 2.75) is 0 Å². The van der Waals surface area contributed by atoms with Gasteiger partial charge >= 0.3 is 0 Å². The molecule has 0 saturated carbocycles. The van der Waals surface area contributed by atoms with Crippen molar-refractivity contribution in [3.63, 3.8) is 0 Å². The van der Waals surface area contributed by atoms with E-state index >= 15 is 0 Å². The third kappa shape index (κ3) is 2.02. The van der Waals surface area contributed by atoms with Gasteiger partial charge in [-0.15, -0.1) is 0 Å². The first kappa shape index (κ1) is 16.0. The normalized spacial score (nSPS) is 12.2. The fourth-order valence-corrected chi connectivity index (χ4v) is 5.22. The van der Waals surface area contributed by atoms with Crippen molar-refractivity contribution in [2.24, 2.45) is 7.05 Å². The minimum atomic E-state index is 1.29. The summed E-state index contributed by atoms with van der Waals surface area (Å²) in [7, 11) is 2.18. The van der Waals surface area contributed by atoms with Crippen LogP contribution in [0.25, 0.3) is 64.9 Å². The molecule has 0 spiro atoms. The van der Waals surface area contributed by atoms with Gasteiger partial charge in [0.1, 0.15) is 0 Å². The summed E-state index contributed by atoms with van der Waals surface area (Å²) >= 11 is 0. The van der Waals surface area contributed by atoms with Crippen LogP contribution in [0.1, 0.15) is 0 Å². The first-order valence-electron chi connectivity index (χ1n) is 10.4. The van der Waals surface area contributed by atoms with Crippen LogP contribution < -0.4 is 0 Å². The Hall–Kier alpha value is -3.84. The van der Waals surface area contributed by atoms with Crippen molar-refractivity contribution >= 4 is 64.9 Å². The SMILES string of the molecule is Cn1c2ccc3cc4ccccc4cc3c2c2c3cc4ccccc4cc3ccc21. The molecule has 0 aliphatic carbocycles. The molecule has 1 aromatic heterocycles. The number of benzene rings is 6. The quantitative estimate of drug-likeness (QED) is 0.235.